The summed E-state index contributed by atoms with van der Waals surface area (Å²) in [6, 6.07) is 7.71. The van der Waals surface area contributed by atoms with Crippen molar-refractivity contribution in [3.05, 3.63) is 48.7 Å². The number of furan rings is 1. The highest BCUT2D eigenvalue weighted by molar-refractivity contribution is 5.95. The third-order valence-corrected chi connectivity index (χ3v) is 5.09. The number of aromatic nitrogens is 1. The van der Waals surface area contributed by atoms with Crippen molar-refractivity contribution in [1.82, 2.24) is 9.88 Å². The van der Waals surface area contributed by atoms with Gasteiger partial charge in [-0.3, -0.25) is 14.7 Å². The fourth-order valence-corrected chi connectivity index (χ4v) is 3.38. The number of rotatable bonds is 3. The monoisotopic (exact) mass is 571 g/mol. The molecule has 2 fully saturated rings. The van der Waals surface area contributed by atoms with Crippen molar-refractivity contribution in [2.45, 2.75) is 24.5 Å². The molecule has 0 saturated carbocycles. The number of pyridine rings is 1. The molecule has 1 amide bonds. The van der Waals surface area contributed by atoms with Crippen LogP contribution in [0.15, 0.2) is 47.4 Å². The number of ether oxygens (including phenoxy) is 2. The molecular formula is C22H23F6N3O8. The average molecular weight is 571 g/mol. The van der Waals surface area contributed by atoms with E-state index in [-0.39, 0.29) is 12.5 Å². The quantitative estimate of drug-likeness (QED) is 0.528. The van der Waals surface area contributed by atoms with Gasteiger partial charge in [0.1, 0.15) is 18.5 Å². The van der Waals surface area contributed by atoms with E-state index in [4.69, 9.17) is 33.7 Å². The lowest BCUT2D eigenvalue weighted by Gasteiger charge is -2.42. The fraction of sp³-hybridized carbons (Fsp3) is 0.455. The summed E-state index contributed by atoms with van der Waals surface area (Å²) in [5.74, 6) is -5.58. The normalized spacial score (nSPS) is 20.3. The molecule has 2 aromatic rings. The third-order valence-electron chi connectivity index (χ3n) is 5.09. The van der Waals surface area contributed by atoms with Crippen LogP contribution in [0.4, 0.5) is 32.0 Å². The molecule has 0 radical (unpaired) electrons. The van der Waals surface area contributed by atoms with Gasteiger partial charge in [0.2, 0.25) is 0 Å². The van der Waals surface area contributed by atoms with Crippen LogP contribution in [0.25, 0.3) is 0 Å². The van der Waals surface area contributed by atoms with Gasteiger partial charge in [0.15, 0.2) is 0 Å². The predicted octanol–water partition coefficient (Wildman–Crippen LogP) is 2.58. The molecule has 2 N–H and O–H groups in total. The first-order chi connectivity index (χ1) is 18.1. The van der Waals surface area contributed by atoms with E-state index >= 15 is 0 Å². The summed E-state index contributed by atoms with van der Waals surface area (Å²) in [5.41, 5.74) is 1.22. The molecule has 2 saturated heterocycles. The average Bonchev–Trinajstić information content (AvgIpc) is 3.31. The van der Waals surface area contributed by atoms with Gasteiger partial charge < -0.3 is 29.0 Å². The Morgan fingerprint density at radius 3 is 2.18 bits per heavy atom. The van der Waals surface area contributed by atoms with E-state index in [1.165, 1.54) is 0 Å². The van der Waals surface area contributed by atoms with Gasteiger partial charge in [0.05, 0.1) is 37.4 Å². The van der Waals surface area contributed by atoms with E-state index in [0.717, 1.165) is 24.5 Å². The van der Waals surface area contributed by atoms with Gasteiger partial charge in [-0.2, -0.15) is 26.3 Å². The smallest absolute Gasteiger partial charge is 0.475 e. The highest BCUT2D eigenvalue weighted by Gasteiger charge is 2.43. The molecule has 1 atom stereocenters. The Morgan fingerprint density at radius 1 is 1.03 bits per heavy atom. The zero-order valence-corrected chi connectivity index (χ0v) is 19.9. The number of carbonyl (C=O) groups excluding carboxylic acids is 1. The number of hydrogen-bond donors (Lipinski definition) is 2. The van der Waals surface area contributed by atoms with Crippen molar-refractivity contribution in [2.24, 2.45) is 0 Å². The highest BCUT2D eigenvalue weighted by atomic mass is 19.4. The molecule has 2 aliphatic heterocycles. The number of carbonyl (C=O) groups is 3. The Hall–Kier alpha value is -3.70. The summed E-state index contributed by atoms with van der Waals surface area (Å²) in [6.45, 7) is 3.82. The Kier molecular flexibility index (Phi) is 10.8. The van der Waals surface area contributed by atoms with E-state index in [9.17, 15) is 31.1 Å². The Bertz CT molecular complexity index is 1060. The van der Waals surface area contributed by atoms with Gasteiger partial charge in [0.25, 0.3) is 5.91 Å². The van der Waals surface area contributed by atoms with Gasteiger partial charge in [-0.25, -0.2) is 9.59 Å². The van der Waals surface area contributed by atoms with Crippen LogP contribution in [-0.2, 0) is 30.4 Å². The summed E-state index contributed by atoms with van der Waals surface area (Å²) in [4.78, 5) is 38.5. The maximum absolute atomic E-state index is 12.3. The maximum Gasteiger partial charge on any atom is 0.490 e. The summed E-state index contributed by atoms with van der Waals surface area (Å²) in [5, 5.41) is 14.2. The van der Waals surface area contributed by atoms with Crippen LogP contribution < -0.4 is 4.90 Å². The summed E-state index contributed by atoms with van der Waals surface area (Å²) in [6.07, 6.45) is -5.21. The van der Waals surface area contributed by atoms with Gasteiger partial charge in [-0.15, -0.1) is 0 Å². The molecule has 11 nitrogen and oxygen atoms in total. The van der Waals surface area contributed by atoms with Crippen molar-refractivity contribution < 1.29 is 64.8 Å². The van der Waals surface area contributed by atoms with Crippen LogP contribution >= 0.6 is 0 Å². The van der Waals surface area contributed by atoms with Crippen molar-refractivity contribution in [3.63, 3.8) is 0 Å². The van der Waals surface area contributed by atoms with Gasteiger partial charge in [-0.05, 0) is 12.1 Å². The van der Waals surface area contributed by atoms with E-state index in [1.54, 1.807) is 29.7 Å². The van der Waals surface area contributed by atoms with Crippen LogP contribution in [0.1, 0.15) is 5.69 Å². The largest absolute Gasteiger partial charge is 0.490 e. The minimum absolute atomic E-state index is 0.0476. The number of morpholine rings is 1. The number of hydrogen-bond acceptors (Lipinski definition) is 8. The van der Waals surface area contributed by atoms with E-state index in [0.29, 0.717) is 26.3 Å². The zero-order chi connectivity index (χ0) is 29.3. The van der Waals surface area contributed by atoms with Crippen LogP contribution in [0.5, 0.6) is 0 Å². The molecule has 1 spiro atoms. The summed E-state index contributed by atoms with van der Waals surface area (Å²) < 4.78 is 80.4. The zero-order valence-electron chi connectivity index (χ0n) is 19.9. The number of carboxylic acids is 2. The summed E-state index contributed by atoms with van der Waals surface area (Å²) in [7, 11) is 0. The molecule has 2 aromatic heterocycles. The molecule has 0 aliphatic carbocycles. The standard InChI is InChI=1S/C18H21N3O4.2C2HF3O2/c22-17-11-25-18(13-21(17)16-4-7-23-10-16)12-20(6-8-24-14-18)9-15-3-1-2-5-19-15;2*3-2(4,5)1(6)7/h1-5,7,10H,6,8-9,11-14H2;2*(H,6,7). The molecule has 0 bridgehead atoms. The first-order valence-corrected chi connectivity index (χ1v) is 10.9. The first-order valence-electron chi connectivity index (χ1n) is 10.9. The Labute approximate surface area is 216 Å². The second kappa shape index (κ2) is 13.4. The minimum atomic E-state index is -5.08. The number of aliphatic carboxylic acids is 2. The molecule has 39 heavy (non-hydrogen) atoms. The van der Waals surface area contributed by atoms with Gasteiger partial charge >= 0.3 is 24.3 Å². The Morgan fingerprint density at radius 2 is 1.67 bits per heavy atom. The number of halogens is 6. The maximum atomic E-state index is 12.3. The number of alkyl halides is 6. The molecule has 2 aliphatic rings. The molecule has 0 aromatic carbocycles. The fourth-order valence-electron chi connectivity index (χ4n) is 3.38. The topological polar surface area (TPSA) is 143 Å². The first kappa shape index (κ1) is 31.5. The molecular weight excluding hydrogens is 548 g/mol. The molecule has 4 rings (SSSR count). The summed E-state index contributed by atoms with van der Waals surface area (Å²) >= 11 is 0. The van der Waals surface area contributed by atoms with Crippen LogP contribution in [-0.4, -0.2) is 95.4 Å². The number of nitrogens with zero attached hydrogens (tertiary/aromatic N) is 3. The molecule has 4 heterocycles. The highest BCUT2D eigenvalue weighted by Crippen LogP contribution is 2.28. The number of carboxylic acid groups (broad SMARTS) is 2. The molecule has 216 valence electrons. The van der Waals surface area contributed by atoms with Crippen molar-refractivity contribution in [1.29, 1.82) is 0 Å². The molecule has 1 unspecified atom stereocenters. The Balaban J connectivity index is 0.000000317. The lowest BCUT2D eigenvalue weighted by Crippen LogP contribution is -2.60. The van der Waals surface area contributed by atoms with E-state index in [2.05, 4.69) is 9.88 Å². The second-order valence-corrected chi connectivity index (χ2v) is 8.12. The SMILES string of the molecule is O=C(O)C(F)(F)F.O=C(O)C(F)(F)F.O=C1COC2(COCCN(Cc3ccccn3)C2)CN1c1ccoc1. The van der Waals surface area contributed by atoms with E-state index in [1.807, 2.05) is 18.2 Å². The second-order valence-electron chi connectivity index (χ2n) is 8.12. The lowest BCUT2D eigenvalue weighted by atomic mass is 10.0. The van der Waals surface area contributed by atoms with Crippen molar-refractivity contribution in [2.75, 3.05) is 44.4 Å². The predicted molar refractivity (Wildman–Crippen MR) is 117 cm³/mol. The van der Waals surface area contributed by atoms with Crippen LogP contribution in [0.3, 0.4) is 0 Å². The lowest BCUT2D eigenvalue weighted by molar-refractivity contribution is -0.193. The molecule has 17 heteroatoms. The van der Waals surface area contributed by atoms with Crippen LogP contribution in [0.2, 0.25) is 0 Å². The van der Waals surface area contributed by atoms with Gasteiger partial charge in [0, 0.05) is 31.9 Å². The minimum Gasteiger partial charge on any atom is -0.475 e. The van der Waals surface area contributed by atoms with Crippen LogP contribution in [0, 0.1) is 0 Å². The van der Waals surface area contributed by atoms with Gasteiger partial charge in [-0.1, -0.05) is 6.07 Å². The van der Waals surface area contributed by atoms with E-state index < -0.39 is 29.9 Å². The third kappa shape index (κ3) is 10.2. The van der Waals surface area contributed by atoms with Crippen molar-refractivity contribution in [3.8, 4) is 0 Å². The number of amides is 1. The number of anilines is 1. The van der Waals surface area contributed by atoms with Crippen molar-refractivity contribution >= 4 is 23.5 Å².